The zero-order valence-corrected chi connectivity index (χ0v) is 10.9. The van der Waals surface area contributed by atoms with Crippen molar-refractivity contribution in [2.45, 2.75) is 33.6 Å². The summed E-state index contributed by atoms with van der Waals surface area (Å²) in [6.07, 6.45) is 1.90. The van der Waals surface area contributed by atoms with Crippen LogP contribution in [0.25, 0.3) is 0 Å². The quantitative estimate of drug-likeness (QED) is 0.822. The molecular formula is C12H20N4O. The molecular weight excluding hydrogens is 216 g/mol. The lowest BCUT2D eigenvalue weighted by molar-refractivity contribution is -0.123. The molecule has 5 heteroatoms. The molecule has 0 atom stereocenters. The van der Waals surface area contributed by atoms with Crippen molar-refractivity contribution in [3.05, 3.63) is 5.69 Å². The van der Waals surface area contributed by atoms with Gasteiger partial charge < -0.3 is 10.6 Å². The fourth-order valence-corrected chi connectivity index (χ4v) is 1.99. The van der Waals surface area contributed by atoms with Crippen LogP contribution in [0.15, 0.2) is 0 Å². The highest BCUT2D eigenvalue weighted by Gasteiger charge is 2.33. The standard InChI is InChI=1S/C12H20N4O/c1-5-6-8-9-10(16(4)15-8)13-7-12(2,3)11(17)14-9/h13H,5-7H2,1-4H3,(H,14,17). The molecule has 0 saturated carbocycles. The maximum Gasteiger partial charge on any atom is 0.231 e. The smallest absolute Gasteiger partial charge is 0.231 e. The van der Waals surface area contributed by atoms with E-state index in [0.29, 0.717) is 6.54 Å². The summed E-state index contributed by atoms with van der Waals surface area (Å²) in [7, 11) is 1.90. The summed E-state index contributed by atoms with van der Waals surface area (Å²) in [5.74, 6) is 0.960. The van der Waals surface area contributed by atoms with E-state index in [0.717, 1.165) is 30.0 Å². The molecule has 1 aromatic heterocycles. The monoisotopic (exact) mass is 236 g/mol. The minimum Gasteiger partial charge on any atom is -0.367 e. The van der Waals surface area contributed by atoms with Gasteiger partial charge in [-0.3, -0.25) is 9.48 Å². The Morgan fingerprint density at radius 3 is 2.82 bits per heavy atom. The SMILES string of the molecule is CCCc1nn(C)c2c1NC(=O)C(C)(C)CN2. The van der Waals surface area contributed by atoms with Gasteiger partial charge in [0.1, 0.15) is 11.5 Å². The molecule has 0 bridgehead atoms. The van der Waals surface area contributed by atoms with Crippen molar-refractivity contribution in [1.29, 1.82) is 0 Å². The Morgan fingerprint density at radius 2 is 2.18 bits per heavy atom. The fraction of sp³-hybridized carbons (Fsp3) is 0.667. The van der Waals surface area contributed by atoms with Crippen molar-refractivity contribution in [3.8, 4) is 0 Å². The van der Waals surface area contributed by atoms with Crippen molar-refractivity contribution < 1.29 is 4.79 Å². The maximum absolute atomic E-state index is 12.1. The van der Waals surface area contributed by atoms with Crippen molar-refractivity contribution in [1.82, 2.24) is 9.78 Å². The summed E-state index contributed by atoms with van der Waals surface area (Å²) in [6.45, 7) is 6.61. The molecule has 0 aromatic carbocycles. The third-order valence-corrected chi connectivity index (χ3v) is 3.16. The number of anilines is 2. The summed E-state index contributed by atoms with van der Waals surface area (Å²) in [5.41, 5.74) is 1.41. The molecule has 5 nitrogen and oxygen atoms in total. The van der Waals surface area contributed by atoms with Gasteiger partial charge in [-0.2, -0.15) is 5.10 Å². The first-order chi connectivity index (χ1) is 7.95. The average molecular weight is 236 g/mol. The number of carbonyl (C=O) groups excluding carboxylic acids is 1. The minimum absolute atomic E-state index is 0.0501. The lowest BCUT2D eigenvalue weighted by atomic mass is 9.93. The molecule has 0 unspecified atom stereocenters. The first-order valence-corrected chi connectivity index (χ1v) is 6.07. The highest BCUT2D eigenvalue weighted by molar-refractivity contribution is 5.99. The van der Waals surface area contributed by atoms with E-state index in [2.05, 4.69) is 22.7 Å². The first kappa shape index (κ1) is 12.0. The largest absolute Gasteiger partial charge is 0.367 e. The zero-order valence-electron chi connectivity index (χ0n) is 10.9. The van der Waals surface area contributed by atoms with Crippen LogP contribution in [0.5, 0.6) is 0 Å². The molecule has 0 radical (unpaired) electrons. The molecule has 1 aromatic rings. The third-order valence-electron chi connectivity index (χ3n) is 3.16. The normalized spacial score (nSPS) is 18.0. The molecule has 2 rings (SSSR count). The van der Waals surface area contributed by atoms with Crippen LogP contribution in [0, 0.1) is 5.41 Å². The molecule has 1 amide bonds. The van der Waals surface area contributed by atoms with Crippen molar-refractivity contribution in [2.75, 3.05) is 17.2 Å². The van der Waals surface area contributed by atoms with Gasteiger partial charge >= 0.3 is 0 Å². The molecule has 2 heterocycles. The number of rotatable bonds is 2. The Kier molecular flexibility index (Phi) is 2.85. The number of aryl methyl sites for hydroxylation is 2. The van der Waals surface area contributed by atoms with Gasteiger partial charge in [-0.1, -0.05) is 13.3 Å². The van der Waals surface area contributed by atoms with Gasteiger partial charge in [-0.15, -0.1) is 0 Å². The highest BCUT2D eigenvalue weighted by Crippen LogP contribution is 2.32. The highest BCUT2D eigenvalue weighted by atomic mass is 16.2. The molecule has 0 saturated heterocycles. The van der Waals surface area contributed by atoms with Crippen LogP contribution in [-0.2, 0) is 18.3 Å². The van der Waals surface area contributed by atoms with Gasteiger partial charge in [0, 0.05) is 13.6 Å². The van der Waals surface area contributed by atoms with E-state index in [1.54, 1.807) is 0 Å². The van der Waals surface area contributed by atoms with E-state index >= 15 is 0 Å². The Hall–Kier alpha value is -1.52. The second kappa shape index (κ2) is 4.05. The van der Waals surface area contributed by atoms with Crippen LogP contribution >= 0.6 is 0 Å². The van der Waals surface area contributed by atoms with E-state index in [1.165, 1.54) is 0 Å². The zero-order chi connectivity index (χ0) is 12.6. The minimum atomic E-state index is -0.400. The predicted molar refractivity (Wildman–Crippen MR) is 68.1 cm³/mol. The summed E-state index contributed by atoms with van der Waals surface area (Å²) in [4.78, 5) is 12.1. The second-order valence-corrected chi connectivity index (χ2v) is 5.24. The van der Waals surface area contributed by atoms with E-state index in [1.807, 2.05) is 25.6 Å². The number of aromatic nitrogens is 2. The number of nitrogens with one attached hydrogen (secondary N) is 2. The Bertz CT molecular complexity index is 448. The number of amides is 1. The lowest BCUT2D eigenvalue weighted by Gasteiger charge is -2.20. The molecule has 1 aliphatic heterocycles. The van der Waals surface area contributed by atoms with Crippen LogP contribution in [0.3, 0.4) is 0 Å². The van der Waals surface area contributed by atoms with Crippen LogP contribution in [0.4, 0.5) is 11.5 Å². The van der Waals surface area contributed by atoms with E-state index < -0.39 is 5.41 Å². The number of fused-ring (bicyclic) bond motifs is 1. The number of hydrogen-bond acceptors (Lipinski definition) is 3. The second-order valence-electron chi connectivity index (χ2n) is 5.24. The molecule has 1 aliphatic rings. The first-order valence-electron chi connectivity index (χ1n) is 6.07. The predicted octanol–water partition coefficient (Wildman–Crippen LogP) is 1.76. The van der Waals surface area contributed by atoms with Crippen molar-refractivity contribution >= 4 is 17.4 Å². The molecule has 0 aliphatic carbocycles. The van der Waals surface area contributed by atoms with Gasteiger partial charge in [-0.05, 0) is 20.3 Å². The Balaban J connectivity index is 2.41. The molecule has 0 spiro atoms. The van der Waals surface area contributed by atoms with E-state index in [4.69, 9.17) is 0 Å². The van der Waals surface area contributed by atoms with Crippen LogP contribution in [0.2, 0.25) is 0 Å². The summed E-state index contributed by atoms with van der Waals surface area (Å²) < 4.78 is 1.81. The third kappa shape index (κ3) is 2.01. The van der Waals surface area contributed by atoms with Gasteiger partial charge in [0.2, 0.25) is 5.91 Å². The van der Waals surface area contributed by atoms with Crippen LogP contribution in [0.1, 0.15) is 32.9 Å². The molecule has 2 N–H and O–H groups in total. The number of hydrogen-bond donors (Lipinski definition) is 2. The summed E-state index contributed by atoms with van der Waals surface area (Å²) >= 11 is 0. The molecule has 94 valence electrons. The van der Waals surface area contributed by atoms with Gasteiger partial charge in [0.05, 0.1) is 11.1 Å². The van der Waals surface area contributed by atoms with Gasteiger partial charge in [-0.25, -0.2) is 0 Å². The summed E-state index contributed by atoms with van der Waals surface area (Å²) in [6, 6.07) is 0. The molecule has 17 heavy (non-hydrogen) atoms. The topological polar surface area (TPSA) is 59.0 Å². The lowest BCUT2D eigenvalue weighted by Crippen LogP contribution is -2.34. The number of nitrogens with zero attached hydrogens (tertiary/aromatic N) is 2. The van der Waals surface area contributed by atoms with Gasteiger partial charge in [0.25, 0.3) is 0 Å². The Labute approximate surface area is 102 Å². The van der Waals surface area contributed by atoms with Crippen LogP contribution < -0.4 is 10.6 Å². The van der Waals surface area contributed by atoms with Gasteiger partial charge in [0.15, 0.2) is 0 Å². The van der Waals surface area contributed by atoms with E-state index in [-0.39, 0.29) is 5.91 Å². The van der Waals surface area contributed by atoms with Crippen molar-refractivity contribution in [3.63, 3.8) is 0 Å². The van der Waals surface area contributed by atoms with Crippen molar-refractivity contribution in [2.24, 2.45) is 12.5 Å². The Morgan fingerprint density at radius 1 is 1.47 bits per heavy atom. The number of carbonyl (C=O) groups is 1. The maximum atomic E-state index is 12.1. The average Bonchev–Trinajstić information content (AvgIpc) is 2.46. The fourth-order valence-electron chi connectivity index (χ4n) is 1.99. The molecule has 0 fully saturated rings. The van der Waals surface area contributed by atoms with E-state index in [9.17, 15) is 4.79 Å². The summed E-state index contributed by atoms with van der Waals surface area (Å²) in [5, 5.41) is 10.8. The van der Waals surface area contributed by atoms with Crippen LogP contribution in [-0.4, -0.2) is 22.2 Å².